The molecule has 1 aromatic carbocycles. The van der Waals surface area contributed by atoms with Crippen molar-refractivity contribution in [3.05, 3.63) is 41.0 Å². The van der Waals surface area contributed by atoms with E-state index in [1.54, 1.807) is 18.2 Å². The van der Waals surface area contributed by atoms with Gasteiger partial charge in [-0.2, -0.15) is 0 Å². The molecule has 0 aliphatic carbocycles. The van der Waals surface area contributed by atoms with Crippen LogP contribution in [0.25, 0.3) is 6.08 Å². The minimum Gasteiger partial charge on any atom is -0.478 e. The van der Waals surface area contributed by atoms with Gasteiger partial charge in [0.1, 0.15) is 5.38 Å². The number of rotatable bonds is 4. The molecule has 0 aromatic heterocycles. The largest absolute Gasteiger partial charge is 0.478 e. The third-order valence-electron chi connectivity index (χ3n) is 2.34. The monoisotopic (exact) mass is 252 g/mol. The van der Waals surface area contributed by atoms with Crippen LogP contribution in [0.1, 0.15) is 29.0 Å². The van der Waals surface area contributed by atoms with Crippen molar-refractivity contribution in [3.8, 4) is 0 Å². The zero-order valence-electron chi connectivity index (χ0n) is 9.61. The van der Waals surface area contributed by atoms with E-state index in [0.717, 1.165) is 22.8 Å². The van der Waals surface area contributed by atoms with Crippen molar-refractivity contribution in [2.24, 2.45) is 0 Å². The van der Waals surface area contributed by atoms with Gasteiger partial charge < -0.3 is 5.11 Å². The first kappa shape index (κ1) is 13.5. The Bertz CT molecular complexity index is 478. The van der Waals surface area contributed by atoms with Crippen LogP contribution in [0, 0.1) is 6.92 Å². The van der Waals surface area contributed by atoms with Crippen LogP contribution in [0.3, 0.4) is 0 Å². The number of carbonyl (C=O) groups is 2. The number of hydrogen-bond donors (Lipinski definition) is 1. The highest BCUT2D eigenvalue weighted by Crippen LogP contribution is 2.25. The summed E-state index contributed by atoms with van der Waals surface area (Å²) in [6.07, 6.45) is 2.56. The molecule has 1 unspecified atom stereocenters. The fourth-order valence-electron chi connectivity index (χ4n) is 1.47. The second kappa shape index (κ2) is 5.64. The molecule has 1 N–H and O–H groups in total. The molecule has 0 radical (unpaired) electrons. The molecule has 1 atom stereocenters. The van der Waals surface area contributed by atoms with E-state index < -0.39 is 11.3 Å². The van der Waals surface area contributed by atoms with E-state index in [1.807, 2.05) is 6.92 Å². The summed E-state index contributed by atoms with van der Waals surface area (Å²) in [5, 5.41) is 7.86. The molecule has 0 spiro atoms. The standard InChI is InChI=1S/C13H13ClO3/c1-8-7-10(4-6-12(16)17)3-5-11(8)13(14)9(2)15/h3-7,13H,1-2H3,(H,16,17)/b6-4+. The summed E-state index contributed by atoms with van der Waals surface area (Å²) in [5.74, 6) is -1.10. The Morgan fingerprint density at radius 1 is 1.41 bits per heavy atom. The minimum atomic E-state index is -0.995. The van der Waals surface area contributed by atoms with E-state index in [2.05, 4.69) is 0 Å². The predicted molar refractivity (Wildman–Crippen MR) is 67.1 cm³/mol. The quantitative estimate of drug-likeness (QED) is 0.662. The molecule has 0 saturated carbocycles. The number of benzene rings is 1. The zero-order valence-corrected chi connectivity index (χ0v) is 10.4. The summed E-state index contributed by atoms with van der Waals surface area (Å²) < 4.78 is 0. The first-order valence-electron chi connectivity index (χ1n) is 5.08. The number of carboxylic acids is 1. The van der Waals surface area contributed by atoms with E-state index in [0.29, 0.717) is 0 Å². The average Bonchev–Trinajstić information content (AvgIpc) is 2.25. The van der Waals surface area contributed by atoms with Crippen LogP contribution in [-0.4, -0.2) is 16.9 Å². The number of aliphatic carboxylic acids is 1. The average molecular weight is 253 g/mol. The Morgan fingerprint density at radius 2 is 2.06 bits per heavy atom. The molecule has 90 valence electrons. The van der Waals surface area contributed by atoms with Gasteiger partial charge in [-0.05, 0) is 36.6 Å². The second-order valence-corrected chi connectivity index (χ2v) is 4.20. The highest BCUT2D eigenvalue weighted by molar-refractivity contribution is 6.30. The number of alkyl halides is 1. The molecule has 0 amide bonds. The summed E-state index contributed by atoms with van der Waals surface area (Å²) >= 11 is 5.96. The normalized spacial score (nSPS) is 12.6. The third-order valence-corrected chi connectivity index (χ3v) is 2.88. The van der Waals surface area contributed by atoms with Crippen molar-refractivity contribution in [2.45, 2.75) is 19.2 Å². The van der Waals surface area contributed by atoms with Crippen molar-refractivity contribution < 1.29 is 14.7 Å². The highest BCUT2D eigenvalue weighted by Gasteiger charge is 2.14. The van der Waals surface area contributed by atoms with E-state index in [9.17, 15) is 9.59 Å². The summed E-state index contributed by atoms with van der Waals surface area (Å²) in [5.41, 5.74) is 2.39. The van der Waals surface area contributed by atoms with Crippen LogP contribution < -0.4 is 0 Å². The summed E-state index contributed by atoms with van der Waals surface area (Å²) in [4.78, 5) is 21.5. The van der Waals surface area contributed by atoms with Crippen LogP contribution >= 0.6 is 11.6 Å². The van der Waals surface area contributed by atoms with Gasteiger partial charge in [0.05, 0.1) is 0 Å². The Morgan fingerprint density at radius 3 is 2.53 bits per heavy atom. The number of hydrogen-bond acceptors (Lipinski definition) is 2. The second-order valence-electron chi connectivity index (χ2n) is 3.76. The van der Waals surface area contributed by atoms with Crippen molar-refractivity contribution in [1.82, 2.24) is 0 Å². The first-order chi connectivity index (χ1) is 7.91. The maximum atomic E-state index is 11.2. The molecule has 0 bridgehead atoms. The van der Waals surface area contributed by atoms with Gasteiger partial charge >= 0.3 is 5.97 Å². The maximum Gasteiger partial charge on any atom is 0.328 e. The summed E-state index contributed by atoms with van der Waals surface area (Å²) in [7, 11) is 0. The number of carboxylic acid groups (broad SMARTS) is 1. The molecule has 4 heteroatoms. The smallest absolute Gasteiger partial charge is 0.328 e. The number of aryl methyl sites for hydroxylation is 1. The number of carbonyl (C=O) groups excluding carboxylic acids is 1. The first-order valence-corrected chi connectivity index (χ1v) is 5.51. The molecule has 0 saturated heterocycles. The van der Waals surface area contributed by atoms with Gasteiger partial charge in [-0.1, -0.05) is 18.2 Å². The van der Waals surface area contributed by atoms with E-state index in [-0.39, 0.29) is 5.78 Å². The molecule has 0 aliphatic rings. The lowest BCUT2D eigenvalue weighted by molar-refractivity contribution is -0.131. The van der Waals surface area contributed by atoms with E-state index in [4.69, 9.17) is 16.7 Å². The number of Topliss-reactive ketones (excluding diaryl/α,β-unsaturated/α-hetero) is 1. The van der Waals surface area contributed by atoms with Crippen molar-refractivity contribution in [1.29, 1.82) is 0 Å². The Kier molecular flexibility index (Phi) is 4.46. The molecule has 1 rings (SSSR count). The lowest BCUT2D eigenvalue weighted by Crippen LogP contribution is -2.03. The molecule has 1 aromatic rings. The fourth-order valence-corrected chi connectivity index (χ4v) is 1.72. The van der Waals surface area contributed by atoms with E-state index in [1.165, 1.54) is 13.0 Å². The van der Waals surface area contributed by atoms with Crippen molar-refractivity contribution in [3.63, 3.8) is 0 Å². The number of halogens is 1. The highest BCUT2D eigenvalue weighted by atomic mass is 35.5. The summed E-state index contributed by atoms with van der Waals surface area (Å²) in [6.45, 7) is 3.28. The predicted octanol–water partition coefficient (Wildman–Crippen LogP) is 2.96. The van der Waals surface area contributed by atoms with Gasteiger partial charge in [0.25, 0.3) is 0 Å². The van der Waals surface area contributed by atoms with Gasteiger partial charge in [-0.25, -0.2) is 4.79 Å². The molecule has 0 aliphatic heterocycles. The van der Waals surface area contributed by atoms with Gasteiger partial charge in [-0.3, -0.25) is 4.79 Å². The molecule has 0 fully saturated rings. The Hall–Kier alpha value is -1.61. The summed E-state index contributed by atoms with van der Waals surface area (Å²) in [6, 6.07) is 5.28. The van der Waals surface area contributed by atoms with Gasteiger partial charge in [-0.15, -0.1) is 11.6 Å². The maximum absolute atomic E-state index is 11.2. The van der Waals surface area contributed by atoms with Crippen LogP contribution in [0.5, 0.6) is 0 Å². The molecular formula is C13H13ClO3. The molecule has 17 heavy (non-hydrogen) atoms. The SMILES string of the molecule is CC(=O)C(Cl)c1ccc(/C=C/C(=O)O)cc1C. The fraction of sp³-hybridized carbons (Fsp3) is 0.231. The molecular weight excluding hydrogens is 240 g/mol. The van der Waals surface area contributed by atoms with E-state index >= 15 is 0 Å². The van der Waals surface area contributed by atoms with Crippen molar-refractivity contribution >= 4 is 29.4 Å². The third kappa shape index (κ3) is 3.71. The van der Waals surface area contributed by atoms with Crippen LogP contribution in [-0.2, 0) is 9.59 Å². The van der Waals surface area contributed by atoms with Gasteiger partial charge in [0.2, 0.25) is 0 Å². The Balaban J connectivity index is 3.01. The zero-order chi connectivity index (χ0) is 13.0. The van der Waals surface area contributed by atoms with Crippen LogP contribution in [0.15, 0.2) is 24.3 Å². The lowest BCUT2D eigenvalue weighted by Gasteiger charge is -2.10. The van der Waals surface area contributed by atoms with Crippen molar-refractivity contribution in [2.75, 3.05) is 0 Å². The number of ketones is 1. The lowest BCUT2D eigenvalue weighted by atomic mass is 10.0. The molecule has 0 heterocycles. The van der Waals surface area contributed by atoms with Gasteiger partial charge in [0, 0.05) is 6.08 Å². The van der Waals surface area contributed by atoms with Crippen LogP contribution in [0.4, 0.5) is 0 Å². The van der Waals surface area contributed by atoms with Gasteiger partial charge in [0.15, 0.2) is 5.78 Å². The molecule has 3 nitrogen and oxygen atoms in total. The Labute approximate surface area is 105 Å². The topological polar surface area (TPSA) is 54.4 Å². The van der Waals surface area contributed by atoms with Crippen LogP contribution in [0.2, 0.25) is 0 Å². The minimum absolute atomic E-state index is 0.108.